The molecule has 0 spiro atoms. The van der Waals surface area contributed by atoms with E-state index in [1.807, 2.05) is 23.3 Å². The first kappa shape index (κ1) is 15.3. The number of nitrogens with zero attached hydrogens (tertiary/aromatic N) is 3. The van der Waals surface area contributed by atoms with Gasteiger partial charge in [0.05, 0.1) is 12.2 Å². The Morgan fingerprint density at radius 3 is 3.00 bits per heavy atom. The van der Waals surface area contributed by atoms with E-state index < -0.39 is 0 Å². The third-order valence-electron chi connectivity index (χ3n) is 3.49. The zero-order valence-electron chi connectivity index (χ0n) is 11.8. The molecule has 0 atom stereocenters. The topological polar surface area (TPSA) is 56.7 Å². The second-order valence-electron chi connectivity index (χ2n) is 4.77. The summed E-state index contributed by atoms with van der Waals surface area (Å²) in [6.45, 7) is 4.09. The zero-order valence-corrected chi connectivity index (χ0v) is 12.6. The minimum absolute atomic E-state index is 0.0632. The highest BCUT2D eigenvalue weighted by Crippen LogP contribution is 2.19. The van der Waals surface area contributed by atoms with E-state index >= 15 is 0 Å². The molecule has 2 heterocycles. The summed E-state index contributed by atoms with van der Waals surface area (Å²) < 4.78 is 0. The van der Waals surface area contributed by atoms with E-state index in [0.717, 1.165) is 31.1 Å². The van der Waals surface area contributed by atoms with Crippen molar-refractivity contribution in [2.24, 2.45) is 0 Å². The van der Waals surface area contributed by atoms with Crippen LogP contribution in [0.15, 0.2) is 23.4 Å². The first-order valence-corrected chi connectivity index (χ1v) is 8.10. The van der Waals surface area contributed by atoms with Crippen LogP contribution in [-0.2, 0) is 0 Å². The van der Waals surface area contributed by atoms with Gasteiger partial charge in [-0.1, -0.05) is 0 Å². The second kappa shape index (κ2) is 7.61. The largest absolute Gasteiger partial charge is 0.395 e. The van der Waals surface area contributed by atoms with Gasteiger partial charge in [-0.05, 0) is 31.4 Å². The molecular formula is C14H21N3O2S. The Balaban J connectivity index is 2.05. The van der Waals surface area contributed by atoms with Crippen molar-refractivity contribution in [3.63, 3.8) is 0 Å². The zero-order chi connectivity index (χ0) is 14.4. The van der Waals surface area contributed by atoms with Crippen LogP contribution in [0.1, 0.15) is 16.8 Å². The Kier molecular flexibility index (Phi) is 5.82. The van der Waals surface area contributed by atoms with Gasteiger partial charge in [0.1, 0.15) is 5.03 Å². The number of carbonyl (C=O) groups is 1. The van der Waals surface area contributed by atoms with Gasteiger partial charge in [0.2, 0.25) is 0 Å². The van der Waals surface area contributed by atoms with E-state index in [-0.39, 0.29) is 12.5 Å². The lowest BCUT2D eigenvalue weighted by Crippen LogP contribution is -2.36. The molecule has 1 amide bonds. The number of pyridine rings is 1. The van der Waals surface area contributed by atoms with Crippen LogP contribution in [0.2, 0.25) is 0 Å². The molecular weight excluding hydrogens is 274 g/mol. The summed E-state index contributed by atoms with van der Waals surface area (Å²) in [6, 6.07) is 3.65. The molecule has 1 aliphatic heterocycles. The van der Waals surface area contributed by atoms with E-state index in [2.05, 4.69) is 9.88 Å². The van der Waals surface area contributed by atoms with Gasteiger partial charge < -0.3 is 10.0 Å². The highest BCUT2D eigenvalue weighted by atomic mass is 32.2. The fraction of sp³-hybridized carbons (Fsp3) is 0.571. The Labute approximate surface area is 124 Å². The molecule has 1 N–H and O–H groups in total. The summed E-state index contributed by atoms with van der Waals surface area (Å²) in [6.07, 6.45) is 4.60. The molecule has 0 aromatic carbocycles. The lowest BCUT2D eigenvalue weighted by Gasteiger charge is -2.22. The Morgan fingerprint density at radius 2 is 2.25 bits per heavy atom. The molecule has 1 saturated heterocycles. The van der Waals surface area contributed by atoms with Crippen molar-refractivity contribution in [1.82, 2.24) is 14.8 Å². The van der Waals surface area contributed by atoms with Crippen LogP contribution in [-0.4, -0.2) is 71.4 Å². The quantitative estimate of drug-likeness (QED) is 0.838. The predicted molar refractivity (Wildman–Crippen MR) is 80.1 cm³/mol. The fourth-order valence-corrected chi connectivity index (χ4v) is 2.97. The summed E-state index contributed by atoms with van der Waals surface area (Å²) in [5.74, 6) is 0.0632. The normalized spacial score (nSPS) is 17.0. The van der Waals surface area contributed by atoms with Crippen LogP contribution in [0.5, 0.6) is 0 Å². The van der Waals surface area contributed by atoms with Crippen LogP contribution in [0, 0.1) is 0 Å². The van der Waals surface area contributed by atoms with Crippen molar-refractivity contribution in [2.75, 3.05) is 45.6 Å². The highest BCUT2D eigenvalue weighted by Gasteiger charge is 2.22. The second-order valence-corrected chi connectivity index (χ2v) is 5.57. The number of hydrogen-bond acceptors (Lipinski definition) is 5. The van der Waals surface area contributed by atoms with Crippen molar-refractivity contribution in [3.8, 4) is 0 Å². The van der Waals surface area contributed by atoms with E-state index in [9.17, 15) is 4.79 Å². The van der Waals surface area contributed by atoms with Gasteiger partial charge in [0.15, 0.2) is 0 Å². The van der Waals surface area contributed by atoms with Gasteiger partial charge in [-0.2, -0.15) is 0 Å². The maximum absolute atomic E-state index is 12.6. The van der Waals surface area contributed by atoms with Gasteiger partial charge in [-0.3, -0.25) is 9.69 Å². The molecule has 0 saturated carbocycles. The highest BCUT2D eigenvalue weighted by molar-refractivity contribution is 7.98. The minimum Gasteiger partial charge on any atom is -0.395 e. The maximum atomic E-state index is 12.6. The average molecular weight is 295 g/mol. The van der Waals surface area contributed by atoms with Crippen molar-refractivity contribution in [1.29, 1.82) is 0 Å². The van der Waals surface area contributed by atoms with Gasteiger partial charge in [-0.25, -0.2) is 4.98 Å². The Morgan fingerprint density at radius 1 is 1.40 bits per heavy atom. The van der Waals surface area contributed by atoms with E-state index in [1.165, 1.54) is 11.8 Å². The Bertz CT molecular complexity index is 456. The van der Waals surface area contributed by atoms with Crippen LogP contribution in [0.25, 0.3) is 0 Å². The van der Waals surface area contributed by atoms with Crippen LogP contribution in [0.3, 0.4) is 0 Å². The van der Waals surface area contributed by atoms with Crippen molar-refractivity contribution < 1.29 is 9.90 Å². The molecule has 110 valence electrons. The van der Waals surface area contributed by atoms with Crippen LogP contribution < -0.4 is 0 Å². The molecule has 1 aromatic rings. The molecule has 0 radical (unpaired) electrons. The van der Waals surface area contributed by atoms with Crippen molar-refractivity contribution in [3.05, 3.63) is 23.9 Å². The first-order chi connectivity index (χ1) is 9.76. The molecule has 5 nitrogen and oxygen atoms in total. The van der Waals surface area contributed by atoms with Crippen LogP contribution in [0.4, 0.5) is 0 Å². The number of rotatable bonds is 4. The summed E-state index contributed by atoms with van der Waals surface area (Å²) in [7, 11) is 0. The van der Waals surface area contributed by atoms with Crippen molar-refractivity contribution in [2.45, 2.75) is 11.4 Å². The number of aromatic nitrogens is 1. The summed E-state index contributed by atoms with van der Waals surface area (Å²) >= 11 is 1.50. The molecule has 2 rings (SSSR count). The maximum Gasteiger partial charge on any atom is 0.256 e. The monoisotopic (exact) mass is 295 g/mol. The smallest absolute Gasteiger partial charge is 0.256 e. The number of aliphatic hydroxyl groups is 1. The number of hydrogen-bond donors (Lipinski definition) is 1. The van der Waals surface area contributed by atoms with E-state index in [0.29, 0.717) is 18.7 Å². The molecule has 1 fully saturated rings. The number of amides is 1. The molecule has 0 aliphatic carbocycles. The molecule has 6 heteroatoms. The molecule has 0 bridgehead atoms. The SMILES string of the molecule is CSc1ncccc1C(=O)N1CCCN(CCO)CC1. The fourth-order valence-electron chi connectivity index (χ4n) is 2.43. The number of aliphatic hydroxyl groups excluding tert-OH is 1. The van der Waals surface area contributed by atoms with Gasteiger partial charge in [0, 0.05) is 32.4 Å². The molecule has 1 aromatic heterocycles. The third kappa shape index (κ3) is 3.71. The first-order valence-electron chi connectivity index (χ1n) is 6.87. The van der Waals surface area contributed by atoms with E-state index in [1.54, 1.807) is 6.20 Å². The summed E-state index contributed by atoms with van der Waals surface area (Å²) in [4.78, 5) is 21.0. The summed E-state index contributed by atoms with van der Waals surface area (Å²) in [5.41, 5.74) is 0.690. The number of carbonyl (C=O) groups excluding carboxylic acids is 1. The number of β-amino-alcohol motifs (C(OH)–C–C–N with tert-alkyl or cyclic N) is 1. The van der Waals surface area contributed by atoms with E-state index in [4.69, 9.17) is 5.11 Å². The van der Waals surface area contributed by atoms with Crippen LogP contribution >= 0.6 is 11.8 Å². The third-order valence-corrected chi connectivity index (χ3v) is 4.20. The van der Waals surface area contributed by atoms with Gasteiger partial charge in [-0.15, -0.1) is 11.8 Å². The minimum atomic E-state index is 0.0632. The average Bonchev–Trinajstić information content (AvgIpc) is 2.72. The van der Waals surface area contributed by atoms with Gasteiger partial charge >= 0.3 is 0 Å². The lowest BCUT2D eigenvalue weighted by atomic mass is 10.2. The standard InChI is InChI=1S/C14H21N3O2S/c1-20-13-12(4-2-5-15-13)14(19)17-7-3-6-16(8-9-17)10-11-18/h2,4-5,18H,3,6-11H2,1H3. The summed E-state index contributed by atoms with van der Waals surface area (Å²) in [5, 5.41) is 9.78. The molecule has 0 unspecified atom stereocenters. The lowest BCUT2D eigenvalue weighted by molar-refractivity contribution is 0.0756. The van der Waals surface area contributed by atoms with Crippen molar-refractivity contribution >= 4 is 17.7 Å². The molecule has 1 aliphatic rings. The Hall–Kier alpha value is -1.11. The van der Waals surface area contributed by atoms with Gasteiger partial charge in [0.25, 0.3) is 5.91 Å². The molecule has 20 heavy (non-hydrogen) atoms. The predicted octanol–water partition coefficient (Wildman–Crippen LogP) is 0.944. The number of thioether (sulfide) groups is 1.